The van der Waals surface area contributed by atoms with Gasteiger partial charge in [0.25, 0.3) is 0 Å². The van der Waals surface area contributed by atoms with Crippen LogP contribution in [0.3, 0.4) is 0 Å². The van der Waals surface area contributed by atoms with Crippen LogP contribution >= 0.6 is 0 Å². The predicted octanol–water partition coefficient (Wildman–Crippen LogP) is 10.0. The molecule has 0 saturated carbocycles. The minimum absolute atomic E-state index is 0.301. The smallest absolute Gasteiger partial charge is 0.143 e. The third-order valence-corrected chi connectivity index (χ3v) is 9.43. The Balaban J connectivity index is 1.19. The fourth-order valence-electron chi connectivity index (χ4n) is 7.15. The number of aromatic nitrogens is 1. The lowest BCUT2D eigenvalue weighted by atomic mass is 9.95. The first-order valence-electron chi connectivity index (χ1n) is 16.1. The van der Waals surface area contributed by atoms with Gasteiger partial charge in [0.2, 0.25) is 0 Å². The highest BCUT2D eigenvalue weighted by Crippen LogP contribution is 2.41. The van der Waals surface area contributed by atoms with Crippen molar-refractivity contribution in [2.75, 3.05) is 0 Å². The Morgan fingerprint density at radius 3 is 2.33 bits per heavy atom. The van der Waals surface area contributed by atoms with Crippen LogP contribution in [0.15, 0.2) is 160 Å². The monoisotopic (exact) mass is 620 g/mol. The van der Waals surface area contributed by atoms with Crippen LogP contribution in [0.5, 0.6) is 0 Å². The Kier molecular flexibility index (Phi) is 5.98. The lowest BCUT2D eigenvalue weighted by molar-refractivity contribution is 0.411. The molecule has 6 heteroatoms. The van der Waals surface area contributed by atoms with Crippen molar-refractivity contribution in [2.45, 2.75) is 12.3 Å². The van der Waals surface area contributed by atoms with Crippen molar-refractivity contribution >= 4 is 60.5 Å². The van der Waals surface area contributed by atoms with Gasteiger partial charge < -0.3 is 14.2 Å². The molecule has 1 aliphatic heterocycles. The standard InChI is InChI=1S/C42H28N4O2/c1-2-10-26(11-3-1)40-44-41(28-18-17-25-9-4-5-12-27(25)21-28)46-42(45-40)33-22-29(23-37-38(33)34-24-43-20-19-36(34)47-37)30-14-8-15-32-31-13-6-7-16-35(31)48-39(30)32/h1-24,41-42,46H,(H,44,45). The van der Waals surface area contributed by atoms with E-state index in [9.17, 15) is 0 Å². The second-order valence-corrected chi connectivity index (χ2v) is 12.3. The number of furan rings is 2. The number of amidine groups is 1. The van der Waals surface area contributed by atoms with Gasteiger partial charge in [-0.25, -0.2) is 4.99 Å². The lowest BCUT2D eigenvalue weighted by Crippen LogP contribution is -2.45. The third kappa shape index (κ3) is 4.31. The van der Waals surface area contributed by atoms with Gasteiger partial charge in [0.05, 0.1) is 0 Å². The lowest BCUT2D eigenvalue weighted by Gasteiger charge is -2.33. The summed E-state index contributed by atoms with van der Waals surface area (Å²) < 4.78 is 13.0. The van der Waals surface area contributed by atoms with Gasteiger partial charge in [-0.1, -0.05) is 103 Å². The Bertz CT molecular complexity index is 2710. The topological polar surface area (TPSA) is 75.6 Å². The Labute approximate surface area is 275 Å². The molecule has 2 unspecified atom stereocenters. The molecule has 0 fully saturated rings. The number of hydrogen-bond acceptors (Lipinski definition) is 6. The number of fused-ring (bicyclic) bond motifs is 7. The summed E-state index contributed by atoms with van der Waals surface area (Å²) in [4.78, 5) is 9.71. The van der Waals surface area contributed by atoms with Crippen LogP contribution in [0.2, 0.25) is 0 Å². The van der Waals surface area contributed by atoms with Crippen LogP contribution in [-0.4, -0.2) is 10.8 Å². The van der Waals surface area contributed by atoms with Gasteiger partial charge >= 0.3 is 0 Å². The molecule has 0 spiro atoms. The fourth-order valence-corrected chi connectivity index (χ4v) is 7.15. The molecule has 2 atom stereocenters. The second-order valence-electron chi connectivity index (χ2n) is 12.3. The summed E-state index contributed by atoms with van der Waals surface area (Å²) in [6.45, 7) is 0. The molecular weight excluding hydrogens is 592 g/mol. The van der Waals surface area contributed by atoms with Crippen molar-refractivity contribution in [2.24, 2.45) is 4.99 Å². The predicted molar refractivity (Wildman–Crippen MR) is 193 cm³/mol. The van der Waals surface area contributed by atoms with Gasteiger partial charge in [0.1, 0.15) is 40.5 Å². The van der Waals surface area contributed by atoms with E-state index in [1.807, 2.05) is 42.6 Å². The van der Waals surface area contributed by atoms with Crippen LogP contribution < -0.4 is 10.6 Å². The number of nitrogens with one attached hydrogen (secondary N) is 2. The molecule has 6 nitrogen and oxygen atoms in total. The molecule has 0 bridgehead atoms. The van der Waals surface area contributed by atoms with Gasteiger partial charge in [0, 0.05) is 50.6 Å². The maximum absolute atomic E-state index is 6.53. The molecule has 1 aliphatic rings. The molecule has 48 heavy (non-hydrogen) atoms. The normalized spacial score (nSPS) is 16.5. The van der Waals surface area contributed by atoms with Crippen LogP contribution in [0, 0.1) is 0 Å². The molecule has 2 N–H and O–H groups in total. The summed E-state index contributed by atoms with van der Waals surface area (Å²) in [5.41, 5.74) is 8.46. The zero-order valence-corrected chi connectivity index (χ0v) is 25.7. The zero-order valence-electron chi connectivity index (χ0n) is 25.7. The van der Waals surface area contributed by atoms with E-state index in [1.165, 1.54) is 10.8 Å². The van der Waals surface area contributed by atoms with E-state index in [1.54, 1.807) is 6.20 Å². The molecule has 0 radical (unpaired) electrons. The van der Waals surface area contributed by atoms with Gasteiger partial charge in [-0.15, -0.1) is 0 Å². The third-order valence-electron chi connectivity index (χ3n) is 9.43. The SMILES string of the molecule is c1ccc(C2=NC(c3ccc4ccccc4c3)NC(c3cc(-c4cccc5c4oc4ccccc45)cc4oc5ccncc5c34)N2)cc1. The minimum Gasteiger partial charge on any atom is -0.456 e. The molecule has 6 aromatic carbocycles. The van der Waals surface area contributed by atoms with Gasteiger partial charge in [-0.2, -0.15) is 0 Å². The summed E-state index contributed by atoms with van der Waals surface area (Å²) >= 11 is 0. The van der Waals surface area contributed by atoms with E-state index in [2.05, 4.69) is 113 Å². The largest absolute Gasteiger partial charge is 0.456 e. The van der Waals surface area contributed by atoms with E-state index in [0.29, 0.717) is 0 Å². The summed E-state index contributed by atoms with van der Waals surface area (Å²) in [7, 11) is 0. The van der Waals surface area contributed by atoms with Crippen molar-refractivity contribution in [3.63, 3.8) is 0 Å². The zero-order chi connectivity index (χ0) is 31.6. The first-order chi connectivity index (χ1) is 23.8. The van der Waals surface area contributed by atoms with E-state index in [4.69, 9.17) is 13.8 Å². The average Bonchev–Trinajstić information content (AvgIpc) is 3.73. The summed E-state index contributed by atoms with van der Waals surface area (Å²) in [6.07, 6.45) is 3.05. The number of pyridine rings is 1. The van der Waals surface area contributed by atoms with E-state index >= 15 is 0 Å². The summed E-state index contributed by atoms with van der Waals surface area (Å²) in [6, 6.07) is 46.1. The fraction of sp³-hybridized carbons (Fsp3) is 0.0476. The van der Waals surface area contributed by atoms with Crippen molar-refractivity contribution in [1.82, 2.24) is 15.6 Å². The molecule has 0 saturated heterocycles. The van der Waals surface area contributed by atoms with Gasteiger partial charge in [-0.3, -0.25) is 10.3 Å². The van der Waals surface area contributed by atoms with Gasteiger partial charge in [0.15, 0.2) is 0 Å². The summed E-state index contributed by atoms with van der Waals surface area (Å²) in [5, 5.41) is 14.1. The molecule has 228 valence electrons. The molecule has 0 amide bonds. The van der Waals surface area contributed by atoms with Crippen LogP contribution in [0.25, 0.3) is 65.8 Å². The number of aliphatic imine (C=N–C) groups is 1. The molecular formula is C42H28N4O2. The van der Waals surface area contributed by atoms with Crippen molar-refractivity contribution < 1.29 is 8.83 Å². The maximum Gasteiger partial charge on any atom is 0.143 e. The molecule has 4 heterocycles. The highest BCUT2D eigenvalue weighted by molar-refractivity contribution is 6.12. The number of nitrogens with zero attached hydrogens (tertiary/aromatic N) is 2. The first-order valence-corrected chi connectivity index (χ1v) is 16.1. The second kappa shape index (κ2) is 10.7. The number of para-hydroxylation sites is 2. The van der Waals surface area contributed by atoms with E-state index in [0.717, 1.165) is 77.5 Å². The highest BCUT2D eigenvalue weighted by atomic mass is 16.3. The van der Waals surface area contributed by atoms with Gasteiger partial charge in [-0.05, 0) is 52.2 Å². The van der Waals surface area contributed by atoms with Crippen LogP contribution in [0.1, 0.15) is 29.0 Å². The maximum atomic E-state index is 6.53. The van der Waals surface area contributed by atoms with Crippen LogP contribution in [0.4, 0.5) is 0 Å². The van der Waals surface area contributed by atoms with E-state index < -0.39 is 0 Å². The number of hydrogen-bond donors (Lipinski definition) is 2. The first kappa shape index (κ1) is 26.9. The Hall–Kier alpha value is -6.24. The Morgan fingerprint density at radius 2 is 1.40 bits per heavy atom. The minimum atomic E-state index is -0.312. The Morgan fingerprint density at radius 1 is 0.583 bits per heavy atom. The average molecular weight is 621 g/mol. The van der Waals surface area contributed by atoms with Crippen LogP contribution in [-0.2, 0) is 0 Å². The molecule has 3 aromatic heterocycles. The molecule has 9 aromatic rings. The molecule has 0 aliphatic carbocycles. The van der Waals surface area contributed by atoms with E-state index in [-0.39, 0.29) is 12.3 Å². The highest BCUT2D eigenvalue weighted by Gasteiger charge is 2.29. The van der Waals surface area contributed by atoms with Crippen molar-refractivity contribution in [3.8, 4) is 11.1 Å². The van der Waals surface area contributed by atoms with Crippen molar-refractivity contribution in [3.05, 3.63) is 163 Å². The summed E-state index contributed by atoms with van der Waals surface area (Å²) in [5.74, 6) is 0.821. The number of rotatable bonds is 4. The van der Waals surface area contributed by atoms with Crippen molar-refractivity contribution in [1.29, 1.82) is 0 Å². The quantitative estimate of drug-likeness (QED) is 0.205. The molecule has 10 rings (SSSR count). The number of benzene rings is 6.